The molecule has 0 heterocycles. The van der Waals surface area contributed by atoms with Crippen LogP contribution in [0.15, 0.2) is 0 Å². The van der Waals surface area contributed by atoms with E-state index in [0.717, 1.165) is 13.2 Å². The summed E-state index contributed by atoms with van der Waals surface area (Å²) in [6, 6.07) is 0. The van der Waals surface area contributed by atoms with Crippen molar-refractivity contribution in [2.45, 2.75) is 40.2 Å². The van der Waals surface area contributed by atoms with Crippen LogP contribution in [0.1, 0.15) is 34.6 Å². The van der Waals surface area contributed by atoms with Crippen molar-refractivity contribution in [3.8, 4) is 0 Å². The fourth-order valence-electron chi connectivity index (χ4n) is 0.941. The van der Waals surface area contributed by atoms with Crippen LogP contribution in [-0.2, 0) is 4.74 Å². The predicted molar refractivity (Wildman–Crippen MR) is 53.4 cm³/mol. The third kappa shape index (κ3) is 6.62. The Labute approximate surface area is 76.7 Å². The molecule has 0 atom stereocenters. The minimum atomic E-state index is -0.0228. The van der Waals surface area contributed by atoms with Gasteiger partial charge in [0.15, 0.2) is 0 Å². The fourth-order valence-corrected chi connectivity index (χ4v) is 0.941. The zero-order chi connectivity index (χ0) is 9.83. The molecule has 0 saturated heterocycles. The van der Waals surface area contributed by atoms with Crippen LogP contribution in [0.25, 0.3) is 0 Å². The van der Waals surface area contributed by atoms with E-state index in [-0.39, 0.29) is 11.0 Å². The second kappa shape index (κ2) is 4.24. The van der Waals surface area contributed by atoms with Gasteiger partial charge in [-0.05, 0) is 27.8 Å². The molecular formula is C10H23NO. The van der Waals surface area contributed by atoms with Crippen molar-refractivity contribution in [3.63, 3.8) is 0 Å². The Balaban J connectivity index is 3.75. The molecule has 0 aliphatic heterocycles. The molecule has 0 fully saturated rings. The van der Waals surface area contributed by atoms with Gasteiger partial charge in [-0.1, -0.05) is 13.8 Å². The molecule has 2 nitrogen and oxygen atoms in total. The molecule has 0 saturated carbocycles. The zero-order valence-electron chi connectivity index (χ0n) is 9.32. The summed E-state index contributed by atoms with van der Waals surface area (Å²) >= 11 is 0. The average Bonchev–Trinajstić information content (AvgIpc) is 1.83. The smallest absolute Gasteiger partial charge is 0.0598 e. The summed E-state index contributed by atoms with van der Waals surface area (Å²) < 4.78 is 5.71. The molecule has 74 valence electrons. The highest BCUT2D eigenvalue weighted by molar-refractivity contribution is 4.72. The van der Waals surface area contributed by atoms with Crippen LogP contribution in [0.5, 0.6) is 0 Å². The maximum atomic E-state index is 5.71. The van der Waals surface area contributed by atoms with Gasteiger partial charge in [-0.15, -0.1) is 0 Å². The SMILES string of the molecule is CNCC(C)(C)COC(C)(C)C. The minimum absolute atomic E-state index is 0.0228. The summed E-state index contributed by atoms with van der Waals surface area (Å²) in [6.45, 7) is 12.5. The molecule has 0 rings (SSSR count). The van der Waals surface area contributed by atoms with Crippen molar-refractivity contribution in [2.24, 2.45) is 5.41 Å². The van der Waals surface area contributed by atoms with E-state index in [1.54, 1.807) is 0 Å². The molecule has 1 N–H and O–H groups in total. The molecule has 0 unspecified atom stereocenters. The number of ether oxygens (including phenoxy) is 1. The van der Waals surface area contributed by atoms with E-state index in [4.69, 9.17) is 4.74 Å². The van der Waals surface area contributed by atoms with Gasteiger partial charge >= 0.3 is 0 Å². The number of nitrogens with one attached hydrogen (secondary N) is 1. The van der Waals surface area contributed by atoms with E-state index in [9.17, 15) is 0 Å². The topological polar surface area (TPSA) is 21.3 Å². The first kappa shape index (κ1) is 11.9. The molecule has 2 heteroatoms. The van der Waals surface area contributed by atoms with Gasteiger partial charge in [0.2, 0.25) is 0 Å². The van der Waals surface area contributed by atoms with Crippen molar-refractivity contribution < 1.29 is 4.74 Å². The highest BCUT2D eigenvalue weighted by atomic mass is 16.5. The Kier molecular flexibility index (Phi) is 4.21. The molecule has 0 aromatic carbocycles. The van der Waals surface area contributed by atoms with Gasteiger partial charge in [-0.2, -0.15) is 0 Å². The molecule has 0 aromatic rings. The summed E-state index contributed by atoms with van der Waals surface area (Å²) in [5, 5.41) is 3.16. The third-order valence-electron chi connectivity index (χ3n) is 1.55. The monoisotopic (exact) mass is 173 g/mol. The molecular weight excluding hydrogens is 150 g/mol. The van der Waals surface area contributed by atoms with Crippen LogP contribution >= 0.6 is 0 Å². The van der Waals surface area contributed by atoms with Gasteiger partial charge < -0.3 is 10.1 Å². The Morgan fingerprint density at radius 1 is 1.08 bits per heavy atom. The second-order valence-electron chi connectivity index (χ2n) is 5.10. The highest BCUT2D eigenvalue weighted by Gasteiger charge is 2.20. The Morgan fingerprint density at radius 2 is 1.58 bits per heavy atom. The van der Waals surface area contributed by atoms with Crippen LogP contribution in [-0.4, -0.2) is 25.8 Å². The molecule has 0 aliphatic carbocycles. The van der Waals surface area contributed by atoms with Crippen LogP contribution in [0.3, 0.4) is 0 Å². The van der Waals surface area contributed by atoms with Crippen molar-refractivity contribution in [1.82, 2.24) is 5.32 Å². The average molecular weight is 173 g/mol. The summed E-state index contributed by atoms with van der Waals surface area (Å²) in [5.74, 6) is 0. The maximum absolute atomic E-state index is 5.71. The summed E-state index contributed by atoms with van der Waals surface area (Å²) in [6.07, 6.45) is 0. The Morgan fingerprint density at radius 3 is 1.92 bits per heavy atom. The molecule has 0 radical (unpaired) electrons. The number of hydrogen-bond acceptors (Lipinski definition) is 2. The van der Waals surface area contributed by atoms with E-state index in [0.29, 0.717) is 0 Å². The largest absolute Gasteiger partial charge is 0.375 e. The standard InChI is InChI=1S/C10H23NO/c1-9(2,3)12-8-10(4,5)7-11-6/h11H,7-8H2,1-6H3. The molecule has 0 bridgehead atoms. The van der Waals surface area contributed by atoms with Crippen molar-refractivity contribution in [2.75, 3.05) is 20.2 Å². The van der Waals surface area contributed by atoms with Crippen LogP contribution in [0, 0.1) is 5.41 Å². The second-order valence-corrected chi connectivity index (χ2v) is 5.10. The van der Waals surface area contributed by atoms with E-state index in [1.165, 1.54) is 0 Å². The molecule has 12 heavy (non-hydrogen) atoms. The minimum Gasteiger partial charge on any atom is -0.375 e. The van der Waals surface area contributed by atoms with E-state index < -0.39 is 0 Å². The summed E-state index contributed by atoms with van der Waals surface area (Å²) in [5.41, 5.74) is 0.201. The van der Waals surface area contributed by atoms with Gasteiger partial charge in [0.1, 0.15) is 0 Å². The molecule has 0 aromatic heterocycles. The van der Waals surface area contributed by atoms with Gasteiger partial charge in [0.05, 0.1) is 12.2 Å². The van der Waals surface area contributed by atoms with Crippen LogP contribution in [0.4, 0.5) is 0 Å². The first-order valence-electron chi connectivity index (χ1n) is 4.55. The lowest BCUT2D eigenvalue weighted by Gasteiger charge is -2.29. The van der Waals surface area contributed by atoms with E-state index in [1.807, 2.05) is 7.05 Å². The van der Waals surface area contributed by atoms with Crippen molar-refractivity contribution in [1.29, 1.82) is 0 Å². The third-order valence-corrected chi connectivity index (χ3v) is 1.55. The van der Waals surface area contributed by atoms with Crippen molar-refractivity contribution >= 4 is 0 Å². The van der Waals surface area contributed by atoms with Gasteiger partial charge in [-0.3, -0.25) is 0 Å². The quantitative estimate of drug-likeness (QED) is 0.702. The lowest BCUT2D eigenvalue weighted by Crippen LogP contribution is -2.34. The summed E-state index contributed by atoms with van der Waals surface area (Å²) in [4.78, 5) is 0. The lowest BCUT2D eigenvalue weighted by atomic mass is 9.94. The van der Waals surface area contributed by atoms with Crippen molar-refractivity contribution in [3.05, 3.63) is 0 Å². The van der Waals surface area contributed by atoms with E-state index in [2.05, 4.69) is 39.9 Å². The number of hydrogen-bond donors (Lipinski definition) is 1. The predicted octanol–water partition coefficient (Wildman–Crippen LogP) is 2.05. The van der Waals surface area contributed by atoms with E-state index >= 15 is 0 Å². The van der Waals surface area contributed by atoms with Crippen LogP contribution < -0.4 is 5.32 Å². The lowest BCUT2D eigenvalue weighted by molar-refractivity contribution is -0.0419. The number of rotatable bonds is 4. The van der Waals surface area contributed by atoms with Gasteiger partial charge in [0.25, 0.3) is 0 Å². The zero-order valence-corrected chi connectivity index (χ0v) is 9.32. The molecule has 0 aliphatic rings. The maximum Gasteiger partial charge on any atom is 0.0598 e. The molecule has 0 spiro atoms. The summed E-state index contributed by atoms with van der Waals surface area (Å²) in [7, 11) is 1.97. The van der Waals surface area contributed by atoms with Gasteiger partial charge in [-0.25, -0.2) is 0 Å². The Hall–Kier alpha value is -0.0800. The van der Waals surface area contributed by atoms with Gasteiger partial charge in [0, 0.05) is 12.0 Å². The molecule has 0 amide bonds. The first-order chi connectivity index (χ1) is 5.27. The normalized spacial score (nSPS) is 13.5. The van der Waals surface area contributed by atoms with Crippen LogP contribution in [0.2, 0.25) is 0 Å². The first-order valence-corrected chi connectivity index (χ1v) is 4.55. The Bertz CT molecular complexity index is 124. The highest BCUT2D eigenvalue weighted by Crippen LogP contribution is 2.18. The fraction of sp³-hybridized carbons (Fsp3) is 1.00.